The number of carbonyl (C=O) groups excluding carboxylic acids is 1. The minimum Gasteiger partial charge on any atom is -0.380 e. The Kier molecular flexibility index (Phi) is 4.23. The van der Waals surface area contributed by atoms with Gasteiger partial charge in [-0.15, -0.1) is 0 Å². The number of hydrogen-bond donors (Lipinski definition) is 2. The Morgan fingerprint density at radius 2 is 1.92 bits per heavy atom. The number of piperidine rings is 1. The van der Waals surface area contributed by atoms with E-state index in [0.29, 0.717) is 0 Å². The van der Waals surface area contributed by atoms with Gasteiger partial charge in [-0.3, -0.25) is 0 Å². The molecular formula is C17H21F3N2O2. The molecule has 24 heavy (non-hydrogen) atoms. The second-order valence-electron chi connectivity index (χ2n) is 6.82. The first-order chi connectivity index (χ1) is 11.2. The maximum absolute atomic E-state index is 12.8. The smallest absolute Gasteiger partial charge is 0.380 e. The number of alkyl halides is 3. The van der Waals surface area contributed by atoms with Gasteiger partial charge < -0.3 is 15.3 Å². The SMILES string of the molecule is C[C@H]1Cc2ccccc2[C@@H]1NC(=O)N1CCC(O)(C(F)(F)F)CC1. The molecule has 1 aromatic carbocycles. The largest absolute Gasteiger partial charge is 0.417 e. The Bertz CT molecular complexity index is 625. The van der Waals surface area contributed by atoms with Crippen LogP contribution in [0, 0.1) is 5.92 Å². The van der Waals surface area contributed by atoms with Crippen molar-refractivity contribution in [3.8, 4) is 0 Å². The highest BCUT2D eigenvalue weighted by atomic mass is 19.4. The number of amides is 2. The van der Waals surface area contributed by atoms with Crippen molar-refractivity contribution in [2.75, 3.05) is 13.1 Å². The molecule has 3 rings (SSSR count). The van der Waals surface area contributed by atoms with Gasteiger partial charge in [-0.05, 0) is 23.5 Å². The van der Waals surface area contributed by atoms with E-state index < -0.39 is 24.6 Å². The number of likely N-dealkylation sites (tertiary alicyclic amines) is 1. The molecule has 0 unspecified atom stereocenters. The lowest BCUT2D eigenvalue weighted by atomic mass is 9.91. The Morgan fingerprint density at radius 1 is 1.29 bits per heavy atom. The predicted octanol–water partition coefficient (Wildman–Crippen LogP) is 3.02. The van der Waals surface area contributed by atoms with E-state index in [9.17, 15) is 23.1 Å². The van der Waals surface area contributed by atoms with Crippen LogP contribution in [0.15, 0.2) is 24.3 Å². The molecule has 2 amide bonds. The molecule has 1 heterocycles. The summed E-state index contributed by atoms with van der Waals surface area (Å²) in [5, 5.41) is 12.6. The zero-order chi connectivity index (χ0) is 17.5. The minimum absolute atomic E-state index is 0.107. The highest BCUT2D eigenvalue weighted by Gasteiger charge is 2.55. The van der Waals surface area contributed by atoms with Crippen molar-refractivity contribution in [2.45, 2.75) is 44.0 Å². The number of nitrogens with zero attached hydrogens (tertiary/aromatic N) is 1. The van der Waals surface area contributed by atoms with Gasteiger partial charge in [0.05, 0.1) is 6.04 Å². The number of fused-ring (bicyclic) bond motifs is 1. The average Bonchev–Trinajstić information content (AvgIpc) is 2.83. The van der Waals surface area contributed by atoms with Crippen LogP contribution >= 0.6 is 0 Å². The summed E-state index contributed by atoms with van der Waals surface area (Å²) in [4.78, 5) is 13.8. The molecule has 1 saturated heterocycles. The lowest BCUT2D eigenvalue weighted by Gasteiger charge is -2.39. The van der Waals surface area contributed by atoms with Crippen LogP contribution in [0.4, 0.5) is 18.0 Å². The van der Waals surface area contributed by atoms with Crippen molar-refractivity contribution in [1.82, 2.24) is 10.2 Å². The summed E-state index contributed by atoms with van der Waals surface area (Å²) in [7, 11) is 0. The maximum Gasteiger partial charge on any atom is 0.417 e. The standard InChI is InChI=1S/C17H21F3N2O2/c1-11-10-12-4-2-3-5-13(12)14(11)21-15(23)22-8-6-16(24,7-9-22)17(18,19)20/h2-5,11,14,24H,6-10H2,1H3,(H,21,23)/t11-,14+/m0/s1. The highest BCUT2D eigenvalue weighted by Crippen LogP contribution is 2.39. The molecular weight excluding hydrogens is 321 g/mol. The van der Waals surface area contributed by atoms with Crippen molar-refractivity contribution in [2.24, 2.45) is 5.92 Å². The molecule has 0 spiro atoms. The van der Waals surface area contributed by atoms with Gasteiger partial charge in [0.15, 0.2) is 5.60 Å². The van der Waals surface area contributed by atoms with Gasteiger partial charge in [-0.1, -0.05) is 31.2 Å². The summed E-state index contributed by atoms with van der Waals surface area (Å²) in [6.45, 7) is 1.83. The average molecular weight is 342 g/mol. The highest BCUT2D eigenvalue weighted by molar-refractivity contribution is 5.75. The predicted molar refractivity (Wildman–Crippen MR) is 82.4 cm³/mol. The van der Waals surface area contributed by atoms with E-state index in [0.717, 1.165) is 12.0 Å². The van der Waals surface area contributed by atoms with Gasteiger partial charge in [-0.2, -0.15) is 13.2 Å². The molecule has 0 aromatic heterocycles. The summed E-state index contributed by atoms with van der Waals surface area (Å²) in [5.41, 5.74) is -0.417. The van der Waals surface area contributed by atoms with Crippen molar-refractivity contribution in [1.29, 1.82) is 0 Å². The van der Waals surface area contributed by atoms with Crippen LogP contribution in [-0.2, 0) is 6.42 Å². The van der Waals surface area contributed by atoms with E-state index in [2.05, 4.69) is 5.32 Å². The van der Waals surface area contributed by atoms with Crippen LogP contribution in [-0.4, -0.2) is 40.9 Å². The van der Waals surface area contributed by atoms with Crippen LogP contribution in [0.5, 0.6) is 0 Å². The fourth-order valence-electron chi connectivity index (χ4n) is 3.60. The Hall–Kier alpha value is -1.76. The number of benzene rings is 1. The van der Waals surface area contributed by atoms with E-state index in [1.54, 1.807) is 0 Å². The number of carbonyl (C=O) groups is 1. The van der Waals surface area contributed by atoms with Crippen LogP contribution < -0.4 is 5.32 Å². The topological polar surface area (TPSA) is 52.6 Å². The van der Waals surface area contributed by atoms with E-state index in [1.165, 1.54) is 10.5 Å². The number of hydrogen-bond acceptors (Lipinski definition) is 2. The van der Waals surface area contributed by atoms with Crippen LogP contribution in [0.1, 0.15) is 36.9 Å². The Morgan fingerprint density at radius 3 is 2.54 bits per heavy atom. The molecule has 0 bridgehead atoms. The zero-order valence-corrected chi connectivity index (χ0v) is 13.4. The molecule has 2 aliphatic rings. The van der Waals surface area contributed by atoms with Gasteiger partial charge in [0.1, 0.15) is 0 Å². The number of urea groups is 1. The third-order valence-corrected chi connectivity index (χ3v) is 5.19. The van der Waals surface area contributed by atoms with Crippen molar-refractivity contribution >= 4 is 6.03 Å². The van der Waals surface area contributed by atoms with Gasteiger partial charge in [0, 0.05) is 25.9 Å². The first-order valence-electron chi connectivity index (χ1n) is 8.14. The van der Waals surface area contributed by atoms with Gasteiger partial charge in [-0.25, -0.2) is 4.79 Å². The quantitative estimate of drug-likeness (QED) is 0.824. The van der Waals surface area contributed by atoms with E-state index >= 15 is 0 Å². The molecule has 4 nitrogen and oxygen atoms in total. The number of halogens is 3. The summed E-state index contributed by atoms with van der Waals surface area (Å²) < 4.78 is 38.5. The minimum atomic E-state index is -4.66. The number of rotatable bonds is 1. The Balaban J connectivity index is 1.63. The zero-order valence-electron chi connectivity index (χ0n) is 13.4. The molecule has 0 radical (unpaired) electrons. The molecule has 1 aromatic rings. The molecule has 1 aliphatic heterocycles. The molecule has 2 N–H and O–H groups in total. The summed E-state index contributed by atoms with van der Waals surface area (Å²) >= 11 is 0. The molecule has 1 aliphatic carbocycles. The summed E-state index contributed by atoms with van der Waals surface area (Å²) in [6.07, 6.45) is -4.76. The monoisotopic (exact) mass is 342 g/mol. The summed E-state index contributed by atoms with van der Waals surface area (Å²) in [5.74, 6) is 0.239. The number of nitrogens with one attached hydrogen (secondary N) is 1. The fraction of sp³-hybridized carbons (Fsp3) is 0.588. The van der Waals surface area contributed by atoms with Crippen molar-refractivity contribution < 1.29 is 23.1 Å². The second kappa shape index (κ2) is 5.95. The first-order valence-corrected chi connectivity index (χ1v) is 8.14. The Labute approximate surface area is 138 Å². The summed E-state index contributed by atoms with van der Waals surface area (Å²) in [6, 6.07) is 7.38. The van der Waals surface area contributed by atoms with Crippen molar-refractivity contribution in [3.63, 3.8) is 0 Å². The van der Waals surface area contributed by atoms with Crippen LogP contribution in [0.25, 0.3) is 0 Å². The maximum atomic E-state index is 12.8. The van der Waals surface area contributed by atoms with Crippen molar-refractivity contribution in [3.05, 3.63) is 35.4 Å². The second-order valence-corrected chi connectivity index (χ2v) is 6.82. The van der Waals surface area contributed by atoms with Gasteiger partial charge in [0.2, 0.25) is 0 Å². The molecule has 2 atom stereocenters. The van der Waals surface area contributed by atoms with Gasteiger partial charge >= 0.3 is 12.2 Å². The third kappa shape index (κ3) is 2.97. The third-order valence-electron chi connectivity index (χ3n) is 5.19. The van der Waals surface area contributed by atoms with Crippen LogP contribution in [0.3, 0.4) is 0 Å². The molecule has 0 saturated carbocycles. The van der Waals surface area contributed by atoms with E-state index in [-0.39, 0.29) is 31.1 Å². The van der Waals surface area contributed by atoms with Gasteiger partial charge in [0.25, 0.3) is 0 Å². The molecule has 7 heteroatoms. The lowest BCUT2D eigenvalue weighted by Crippen LogP contribution is -2.56. The van der Waals surface area contributed by atoms with E-state index in [4.69, 9.17) is 0 Å². The van der Waals surface area contributed by atoms with E-state index in [1.807, 2.05) is 31.2 Å². The molecule has 1 fully saturated rings. The number of aliphatic hydroxyl groups is 1. The lowest BCUT2D eigenvalue weighted by molar-refractivity contribution is -0.271. The first kappa shape index (κ1) is 17.1. The fourth-order valence-corrected chi connectivity index (χ4v) is 3.60. The normalized spacial score (nSPS) is 26.1. The van der Waals surface area contributed by atoms with Crippen LogP contribution in [0.2, 0.25) is 0 Å². The molecule has 132 valence electrons.